The van der Waals surface area contributed by atoms with Crippen molar-refractivity contribution in [1.29, 1.82) is 0 Å². The Hall–Kier alpha value is -1.82. The number of aromatic amines is 2. The lowest BCUT2D eigenvalue weighted by atomic mass is 10.0. The average Bonchev–Trinajstić information content (AvgIpc) is 3.21. The molecule has 2 N–H and O–H groups in total. The van der Waals surface area contributed by atoms with Gasteiger partial charge in [-0.2, -0.15) is 10.2 Å². The van der Waals surface area contributed by atoms with E-state index in [0.717, 1.165) is 44.1 Å². The van der Waals surface area contributed by atoms with Gasteiger partial charge < -0.3 is 9.47 Å². The normalized spacial score (nSPS) is 15.1. The number of aromatic nitrogens is 4. The zero-order valence-electron chi connectivity index (χ0n) is 19.1. The topological polar surface area (TPSA) is 75.8 Å². The summed E-state index contributed by atoms with van der Waals surface area (Å²) >= 11 is 0. The molecule has 2 aromatic heterocycles. The van der Waals surface area contributed by atoms with Crippen LogP contribution < -0.4 is 4.74 Å². The highest BCUT2D eigenvalue weighted by Crippen LogP contribution is 2.19. The molecular weight excluding hydrogens is 352 g/mol. The number of H-pyrrole nitrogens is 2. The number of hydrogen-bond donors (Lipinski definition) is 2. The van der Waals surface area contributed by atoms with E-state index in [2.05, 4.69) is 75.8 Å². The van der Waals surface area contributed by atoms with Crippen molar-refractivity contribution in [2.45, 2.75) is 81.3 Å². The van der Waals surface area contributed by atoms with Crippen LogP contribution in [-0.2, 0) is 24.2 Å². The lowest BCUT2D eigenvalue weighted by molar-refractivity contribution is 0.108. The number of nitrogens with zero attached hydrogens (tertiary/aromatic N) is 2. The lowest BCUT2D eigenvalue weighted by Crippen LogP contribution is -2.07. The fourth-order valence-corrected chi connectivity index (χ4v) is 2.07. The summed E-state index contributed by atoms with van der Waals surface area (Å²) in [6.07, 6.45) is 6.93. The van der Waals surface area contributed by atoms with Gasteiger partial charge in [-0.15, -0.1) is 0 Å². The standard InChI is InChI=1S/2C6H8N2O.2C5H12/c1-2-9-4-6-5(1)3-7-8-6;1-2-5-4-7-8-6(5)9-3-1;2*1-5(2,3)4/h3H,1-2,4H2,(H,7,8);4H,1-3H2,(H,7,8);2*1-4H3. The molecule has 6 nitrogen and oxygen atoms in total. The summed E-state index contributed by atoms with van der Waals surface area (Å²) in [6, 6.07) is 0. The van der Waals surface area contributed by atoms with Gasteiger partial charge in [0.2, 0.25) is 5.88 Å². The molecule has 160 valence electrons. The van der Waals surface area contributed by atoms with E-state index in [1.807, 2.05) is 12.4 Å². The molecule has 2 aromatic rings. The molecule has 28 heavy (non-hydrogen) atoms. The molecule has 0 saturated heterocycles. The first-order chi connectivity index (χ1) is 12.9. The highest BCUT2D eigenvalue weighted by molar-refractivity contribution is 5.23. The molecule has 0 spiro atoms. The zero-order valence-corrected chi connectivity index (χ0v) is 19.1. The Morgan fingerprint density at radius 2 is 1.36 bits per heavy atom. The summed E-state index contributed by atoms with van der Waals surface area (Å²) in [6.45, 7) is 19.9. The second-order valence-corrected chi connectivity index (χ2v) is 10.4. The van der Waals surface area contributed by atoms with Crippen LogP contribution in [0.4, 0.5) is 0 Å². The van der Waals surface area contributed by atoms with E-state index in [0.29, 0.717) is 17.4 Å². The molecule has 0 atom stereocenters. The molecule has 0 fully saturated rings. The van der Waals surface area contributed by atoms with E-state index >= 15 is 0 Å². The predicted molar refractivity (Wildman–Crippen MR) is 115 cm³/mol. The van der Waals surface area contributed by atoms with Crippen LogP contribution in [-0.4, -0.2) is 33.6 Å². The van der Waals surface area contributed by atoms with Crippen molar-refractivity contribution in [1.82, 2.24) is 20.4 Å². The van der Waals surface area contributed by atoms with Gasteiger partial charge in [0.1, 0.15) is 0 Å². The fourth-order valence-electron chi connectivity index (χ4n) is 2.07. The third kappa shape index (κ3) is 12.5. The minimum Gasteiger partial charge on any atom is -0.478 e. The van der Waals surface area contributed by atoms with Crippen LogP contribution in [0, 0.1) is 10.8 Å². The smallest absolute Gasteiger partial charge is 0.212 e. The molecule has 0 aromatic carbocycles. The SMILES string of the molecule is CC(C)(C)C.CC(C)(C)C.c1n[nH]c2c1CCCO2.c1n[nH]c2c1CCOC2. The van der Waals surface area contributed by atoms with E-state index in [9.17, 15) is 0 Å². The summed E-state index contributed by atoms with van der Waals surface area (Å²) < 4.78 is 10.4. The van der Waals surface area contributed by atoms with Crippen LogP contribution >= 0.6 is 0 Å². The maximum Gasteiger partial charge on any atom is 0.212 e. The Morgan fingerprint density at radius 3 is 1.93 bits per heavy atom. The van der Waals surface area contributed by atoms with Gasteiger partial charge in [-0.1, -0.05) is 55.4 Å². The number of hydrogen-bond acceptors (Lipinski definition) is 4. The molecule has 2 aliphatic rings. The molecule has 0 radical (unpaired) electrons. The van der Waals surface area contributed by atoms with Crippen molar-refractivity contribution < 1.29 is 9.47 Å². The van der Waals surface area contributed by atoms with E-state index < -0.39 is 0 Å². The third-order valence-corrected chi connectivity index (χ3v) is 3.08. The van der Waals surface area contributed by atoms with Crippen LogP contribution in [0.2, 0.25) is 0 Å². The van der Waals surface area contributed by atoms with Gasteiger partial charge in [-0.3, -0.25) is 5.10 Å². The number of rotatable bonds is 0. The molecule has 2 aliphatic heterocycles. The molecule has 0 amide bonds. The van der Waals surface area contributed by atoms with Crippen molar-refractivity contribution in [3.8, 4) is 5.88 Å². The van der Waals surface area contributed by atoms with Crippen molar-refractivity contribution >= 4 is 0 Å². The Bertz CT molecular complexity index is 551. The minimum atomic E-state index is 0.500. The largest absolute Gasteiger partial charge is 0.478 e. The molecule has 6 heteroatoms. The highest BCUT2D eigenvalue weighted by atomic mass is 16.5. The molecule has 0 unspecified atom stereocenters. The predicted octanol–water partition coefficient (Wildman–Crippen LogP) is 5.32. The minimum absolute atomic E-state index is 0.500. The maximum absolute atomic E-state index is 5.25. The van der Waals surface area contributed by atoms with Crippen LogP contribution in [0.3, 0.4) is 0 Å². The van der Waals surface area contributed by atoms with Gasteiger partial charge in [0, 0.05) is 5.56 Å². The van der Waals surface area contributed by atoms with Crippen LogP contribution in [0.1, 0.15) is 78.6 Å². The average molecular weight is 393 g/mol. The molecule has 4 rings (SSSR count). The molecule has 0 saturated carbocycles. The molecule has 0 bridgehead atoms. The summed E-state index contributed by atoms with van der Waals surface area (Å²) in [4.78, 5) is 0. The first-order valence-corrected chi connectivity index (χ1v) is 10.2. The first kappa shape index (κ1) is 24.2. The molecule has 4 heterocycles. The van der Waals surface area contributed by atoms with Crippen LogP contribution in [0.15, 0.2) is 12.4 Å². The Morgan fingerprint density at radius 1 is 0.786 bits per heavy atom. The van der Waals surface area contributed by atoms with Gasteiger partial charge in [-0.25, -0.2) is 5.10 Å². The number of nitrogens with one attached hydrogen (secondary N) is 2. The summed E-state index contributed by atoms with van der Waals surface area (Å²) in [7, 11) is 0. The monoisotopic (exact) mass is 392 g/mol. The third-order valence-electron chi connectivity index (χ3n) is 3.08. The van der Waals surface area contributed by atoms with Gasteiger partial charge in [0.15, 0.2) is 0 Å². The van der Waals surface area contributed by atoms with E-state index in [-0.39, 0.29) is 0 Å². The zero-order chi connectivity index (χ0) is 21.2. The maximum atomic E-state index is 5.25. The highest BCUT2D eigenvalue weighted by Gasteiger charge is 2.10. The Balaban J connectivity index is 0.000000196. The number of aryl methyl sites for hydroxylation is 1. The van der Waals surface area contributed by atoms with Crippen molar-refractivity contribution in [3.63, 3.8) is 0 Å². The van der Waals surface area contributed by atoms with Crippen molar-refractivity contribution in [3.05, 3.63) is 29.2 Å². The van der Waals surface area contributed by atoms with Gasteiger partial charge >= 0.3 is 0 Å². The van der Waals surface area contributed by atoms with Gasteiger partial charge in [0.05, 0.1) is 37.9 Å². The number of ether oxygens (including phenoxy) is 2. The Labute approximate surface area is 170 Å². The van der Waals surface area contributed by atoms with E-state index in [4.69, 9.17) is 9.47 Å². The van der Waals surface area contributed by atoms with Crippen LogP contribution in [0.5, 0.6) is 5.88 Å². The van der Waals surface area contributed by atoms with E-state index in [1.54, 1.807) is 0 Å². The molecular formula is C22H40N4O2. The lowest BCUT2D eigenvalue weighted by Gasteiger charge is -2.10. The van der Waals surface area contributed by atoms with Crippen molar-refractivity contribution in [2.24, 2.45) is 10.8 Å². The quantitative estimate of drug-likeness (QED) is 0.636. The van der Waals surface area contributed by atoms with Gasteiger partial charge in [0.25, 0.3) is 0 Å². The van der Waals surface area contributed by atoms with Crippen LogP contribution in [0.25, 0.3) is 0 Å². The molecule has 0 aliphatic carbocycles. The van der Waals surface area contributed by atoms with Gasteiger partial charge in [-0.05, 0) is 35.7 Å². The summed E-state index contributed by atoms with van der Waals surface area (Å²) in [5.74, 6) is 0.862. The number of fused-ring (bicyclic) bond motifs is 2. The van der Waals surface area contributed by atoms with Crippen molar-refractivity contribution in [2.75, 3.05) is 13.2 Å². The summed E-state index contributed by atoms with van der Waals surface area (Å²) in [5.41, 5.74) is 4.66. The van der Waals surface area contributed by atoms with E-state index in [1.165, 1.54) is 11.1 Å². The Kier molecular flexibility index (Phi) is 9.73. The fraction of sp³-hybridized carbons (Fsp3) is 0.727. The summed E-state index contributed by atoms with van der Waals surface area (Å²) in [5, 5.41) is 13.4. The second-order valence-electron chi connectivity index (χ2n) is 10.4. The first-order valence-electron chi connectivity index (χ1n) is 10.2. The second kappa shape index (κ2) is 11.2.